The van der Waals surface area contributed by atoms with Gasteiger partial charge in [0.25, 0.3) is 0 Å². The number of rotatable bonds is 7. The Morgan fingerprint density at radius 1 is 1.09 bits per heavy atom. The molecular weight excluding hydrogens is 460 g/mol. The number of aromatic nitrogens is 2. The van der Waals surface area contributed by atoms with Crippen molar-refractivity contribution < 1.29 is 23.4 Å². The molecule has 1 N–H and O–H groups in total. The van der Waals surface area contributed by atoms with Gasteiger partial charge in [-0.2, -0.15) is 0 Å². The van der Waals surface area contributed by atoms with Crippen LogP contribution in [0.4, 0.5) is 10.2 Å². The van der Waals surface area contributed by atoms with E-state index < -0.39 is 11.8 Å². The van der Waals surface area contributed by atoms with Crippen LogP contribution in [0.25, 0.3) is 11.4 Å². The third kappa shape index (κ3) is 4.71. The third-order valence-corrected chi connectivity index (χ3v) is 5.38. The van der Waals surface area contributed by atoms with Crippen molar-refractivity contribution in [1.29, 1.82) is 0 Å². The fourth-order valence-corrected chi connectivity index (χ4v) is 3.43. The van der Waals surface area contributed by atoms with Crippen molar-refractivity contribution in [3.05, 3.63) is 63.0 Å². The number of nitrogens with one attached hydrogen (secondary N) is 1. The molecule has 3 aromatic rings. The highest BCUT2D eigenvalue weighted by Gasteiger charge is 2.23. The van der Waals surface area contributed by atoms with Gasteiger partial charge in [-0.05, 0) is 42.3 Å². The van der Waals surface area contributed by atoms with Gasteiger partial charge in [-0.25, -0.2) is 19.2 Å². The molecule has 0 unspecified atom stereocenters. The zero-order chi connectivity index (χ0) is 23.4. The summed E-state index contributed by atoms with van der Waals surface area (Å²) in [6, 6.07) is 8.44. The number of ether oxygens (including phenoxy) is 3. The maximum Gasteiger partial charge on any atom is 0.358 e. The number of carbonyl (C=O) groups excluding carboxylic acids is 1. The topological polar surface area (TPSA) is 82.6 Å². The van der Waals surface area contributed by atoms with E-state index in [0.29, 0.717) is 6.54 Å². The van der Waals surface area contributed by atoms with Gasteiger partial charge in [-0.15, -0.1) is 0 Å². The van der Waals surface area contributed by atoms with Crippen LogP contribution in [0.3, 0.4) is 0 Å². The second-order valence-corrected chi connectivity index (χ2v) is 7.42. The van der Waals surface area contributed by atoms with Crippen molar-refractivity contribution in [3.8, 4) is 22.9 Å². The summed E-state index contributed by atoms with van der Waals surface area (Å²) in [5.74, 6) is -0.935. The van der Waals surface area contributed by atoms with Gasteiger partial charge >= 0.3 is 5.97 Å². The zero-order valence-electron chi connectivity index (χ0n) is 17.8. The number of anilines is 1. The van der Waals surface area contributed by atoms with Crippen LogP contribution in [-0.4, -0.2) is 37.3 Å². The van der Waals surface area contributed by atoms with Crippen LogP contribution >= 0.6 is 23.2 Å². The number of esters is 1. The highest BCUT2D eigenvalue weighted by atomic mass is 35.5. The maximum atomic E-state index is 15.0. The third-order valence-electron chi connectivity index (χ3n) is 4.72. The van der Waals surface area contributed by atoms with Crippen LogP contribution in [0.15, 0.2) is 30.3 Å². The van der Waals surface area contributed by atoms with Crippen LogP contribution in [-0.2, 0) is 11.3 Å². The Labute approximate surface area is 194 Å². The van der Waals surface area contributed by atoms with Gasteiger partial charge in [-0.1, -0.05) is 29.3 Å². The van der Waals surface area contributed by atoms with E-state index in [-0.39, 0.29) is 38.7 Å². The standard InChI is InChI=1S/C22H20Cl2FN3O4/c1-11-9-13(30-2)6-5-12(11)10-26-21-16(24)18(22(29)32-4)27-20(28-21)14-7-8-15(23)19(31-3)17(14)25/h5-9H,10H2,1-4H3,(H,26,27,28). The smallest absolute Gasteiger partial charge is 0.358 e. The van der Waals surface area contributed by atoms with E-state index in [1.165, 1.54) is 26.4 Å². The predicted molar refractivity (Wildman–Crippen MR) is 120 cm³/mol. The lowest BCUT2D eigenvalue weighted by Gasteiger charge is -2.14. The molecule has 1 heterocycles. The van der Waals surface area contributed by atoms with Crippen molar-refractivity contribution in [3.63, 3.8) is 0 Å². The first kappa shape index (κ1) is 23.6. The molecule has 0 spiro atoms. The van der Waals surface area contributed by atoms with E-state index in [4.69, 9.17) is 37.4 Å². The molecule has 168 valence electrons. The first-order valence-corrected chi connectivity index (χ1v) is 10.1. The first-order chi connectivity index (χ1) is 15.3. The van der Waals surface area contributed by atoms with Gasteiger partial charge < -0.3 is 19.5 Å². The number of methoxy groups -OCH3 is 3. The average Bonchev–Trinajstić information content (AvgIpc) is 2.79. The monoisotopic (exact) mass is 479 g/mol. The molecule has 0 saturated carbocycles. The van der Waals surface area contributed by atoms with Gasteiger partial charge in [0.15, 0.2) is 23.1 Å². The molecule has 7 nitrogen and oxygen atoms in total. The van der Waals surface area contributed by atoms with Gasteiger partial charge in [0.05, 0.1) is 31.9 Å². The summed E-state index contributed by atoms with van der Waals surface area (Å²) in [7, 11) is 4.08. The van der Waals surface area contributed by atoms with Crippen molar-refractivity contribution in [1.82, 2.24) is 9.97 Å². The van der Waals surface area contributed by atoms with Crippen LogP contribution in [0.1, 0.15) is 21.6 Å². The quantitative estimate of drug-likeness (QED) is 0.459. The zero-order valence-corrected chi connectivity index (χ0v) is 19.3. The van der Waals surface area contributed by atoms with E-state index >= 15 is 0 Å². The van der Waals surface area contributed by atoms with Gasteiger partial charge in [0.2, 0.25) is 0 Å². The van der Waals surface area contributed by atoms with Crippen LogP contribution < -0.4 is 14.8 Å². The molecule has 0 fully saturated rings. The lowest BCUT2D eigenvalue weighted by molar-refractivity contribution is 0.0594. The summed E-state index contributed by atoms with van der Waals surface area (Å²) >= 11 is 12.4. The minimum atomic E-state index is -0.788. The van der Waals surface area contributed by atoms with E-state index in [0.717, 1.165) is 16.9 Å². The average molecular weight is 480 g/mol. The molecule has 0 saturated heterocycles. The maximum absolute atomic E-state index is 15.0. The Kier molecular flexibility index (Phi) is 7.37. The minimum Gasteiger partial charge on any atom is -0.497 e. The lowest BCUT2D eigenvalue weighted by atomic mass is 10.1. The summed E-state index contributed by atoms with van der Waals surface area (Å²) in [6.07, 6.45) is 0. The minimum absolute atomic E-state index is 0.0169. The fraction of sp³-hybridized carbons (Fsp3) is 0.227. The fourth-order valence-electron chi connectivity index (χ4n) is 2.98. The number of nitrogens with zero attached hydrogens (tertiary/aromatic N) is 2. The first-order valence-electron chi connectivity index (χ1n) is 9.36. The van der Waals surface area contributed by atoms with Crippen LogP contribution in [0.2, 0.25) is 10.0 Å². The van der Waals surface area contributed by atoms with Gasteiger partial charge in [0, 0.05) is 6.54 Å². The highest BCUT2D eigenvalue weighted by Crippen LogP contribution is 2.35. The lowest BCUT2D eigenvalue weighted by Crippen LogP contribution is -2.12. The Bertz CT molecular complexity index is 1170. The van der Waals surface area contributed by atoms with Crippen LogP contribution in [0, 0.1) is 12.7 Å². The van der Waals surface area contributed by atoms with Crippen molar-refractivity contribution >= 4 is 35.0 Å². The Morgan fingerprint density at radius 3 is 2.47 bits per heavy atom. The SMILES string of the molecule is COC(=O)c1nc(-c2ccc(Cl)c(OC)c2F)nc(NCc2ccc(OC)cc2C)c1Cl. The second kappa shape index (κ2) is 10.0. The molecule has 0 aliphatic carbocycles. The number of aryl methyl sites for hydroxylation is 1. The number of hydrogen-bond acceptors (Lipinski definition) is 7. The van der Waals surface area contributed by atoms with Gasteiger partial charge in [0.1, 0.15) is 16.6 Å². The number of hydrogen-bond donors (Lipinski definition) is 1. The van der Waals surface area contributed by atoms with Crippen molar-refractivity contribution in [2.45, 2.75) is 13.5 Å². The largest absolute Gasteiger partial charge is 0.497 e. The van der Waals surface area contributed by atoms with Crippen LogP contribution in [0.5, 0.6) is 11.5 Å². The molecule has 3 rings (SSSR count). The van der Waals surface area contributed by atoms with E-state index in [9.17, 15) is 9.18 Å². The Hall–Kier alpha value is -3.10. The summed E-state index contributed by atoms with van der Waals surface area (Å²) in [4.78, 5) is 20.7. The molecule has 0 bridgehead atoms. The molecule has 1 aromatic heterocycles. The summed E-state index contributed by atoms with van der Waals surface area (Å²) < 4.78 is 30.0. The van der Waals surface area contributed by atoms with E-state index in [1.54, 1.807) is 7.11 Å². The molecule has 0 amide bonds. The highest BCUT2D eigenvalue weighted by molar-refractivity contribution is 6.35. The molecule has 2 aromatic carbocycles. The molecule has 0 aliphatic heterocycles. The van der Waals surface area contributed by atoms with E-state index in [2.05, 4.69) is 15.3 Å². The molecule has 0 aliphatic rings. The number of halogens is 3. The molecular formula is C22H20Cl2FN3O4. The Morgan fingerprint density at radius 2 is 1.84 bits per heavy atom. The van der Waals surface area contributed by atoms with Crippen molar-refractivity contribution in [2.75, 3.05) is 26.6 Å². The molecule has 32 heavy (non-hydrogen) atoms. The van der Waals surface area contributed by atoms with Gasteiger partial charge in [-0.3, -0.25) is 0 Å². The number of carbonyl (C=O) groups is 1. The summed E-state index contributed by atoms with van der Waals surface area (Å²) in [6.45, 7) is 2.26. The predicted octanol–water partition coefficient (Wildman–Crippen LogP) is 5.31. The molecule has 0 radical (unpaired) electrons. The Balaban J connectivity index is 2.06. The summed E-state index contributed by atoms with van der Waals surface area (Å²) in [5.41, 5.74) is 1.70. The number of benzene rings is 2. The normalized spacial score (nSPS) is 10.6. The van der Waals surface area contributed by atoms with Crippen molar-refractivity contribution in [2.24, 2.45) is 0 Å². The second-order valence-electron chi connectivity index (χ2n) is 6.64. The molecule has 0 atom stereocenters. The summed E-state index contributed by atoms with van der Waals surface area (Å²) in [5, 5.41) is 3.12. The van der Waals surface area contributed by atoms with E-state index in [1.807, 2.05) is 25.1 Å². The molecule has 10 heteroatoms.